The Morgan fingerprint density at radius 1 is 1.39 bits per heavy atom. The maximum Gasteiger partial charge on any atom is 0.308 e. The topological polar surface area (TPSA) is 109 Å². The summed E-state index contributed by atoms with van der Waals surface area (Å²) in [5, 5.41) is 13.0. The van der Waals surface area contributed by atoms with Crippen LogP contribution in [0.25, 0.3) is 0 Å². The third-order valence-corrected chi connectivity index (χ3v) is 3.94. The summed E-state index contributed by atoms with van der Waals surface area (Å²) in [4.78, 5) is 42.0. The second kappa shape index (κ2) is 7.70. The van der Waals surface area contributed by atoms with Crippen molar-refractivity contribution >= 4 is 17.8 Å². The molecule has 1 aliphatic heterocycles. The summed E-state index contributed by atoms with van der Waals surface area (Å²) >= 11 is 0. The van der Waals surface area contributed by atoms with Crippen LogP contribution < -0.4 is 0 Å². The summed E-state index contributed by atoms with van der Waals surface area (Å²) in [7, 11) is 1.57. The van der Waals surface area contributed by atoms with Crippen LogP contribution in [0.2, 0.25) is 0 Å². The number of likely N-dealkylation sites (tertiary alicyclic amines) is 1. The van der Waals surface area contributed by atoms with E-state index in [1.165, 1.54) is 22.5 Å². The number of aliphatic carboxylic acids is 1. The van der Waals surface area contributed by atoms with E-state index < -0.39 is 11.9 Å². The number of aryl methyl sites for hydroxylation is 1. The van der Waals surface area contributed by atoms with Crippen LogP contribution in [0.3, 0.4) is 0 Å². The van der Waals surface area contributed by atoms with Crippen LogP contribution in [0, 0.1) is 5.92 Å². The van der Waals surface area contributed by atoms with Crippen LogP contribution >= 0.6 is 0 Å². The molecule has 1 saturated heterocycles. The fourth-order valence-electron chi connectivity index (χ4n) is 2.55. The van der Waals surface area contributed by atoms with E-state index in [0.717, 1.165) is 0 Å². The van der Waals surface area contributed by atoms with E-state index in [-0.39, 0.29) is 31.3 Å². The van der Waals surface area contributed by atoms with Crippen LogP contribution in [0.1, 0.15) is 19.3 Å². The van der Waals surface area contributed by atoms with Gasteiger partial charge in [0, 0.05) is 26.6 Å². The summed E-state index contributed by atoms with van der Waals surface area (Å²) in [5.74, 6) is -1.77. The molecule has 2 amide bonds. The van der Waals surface area contributed by atoms with Crippen molar-refractivity contribution in [2.75, 3.05) is 26.7 Å². The molecule has 1 N–H and O–H groups in total. The van der Waals surface area contributed by atoms with Crippen molar-refractivity contribution in [3.05, 3.63) is 12.7 Å². The summed E-state index contributed by atoms with van der Waals surface area (Å²) < 4.78 is 1.55. The van der Waals surface area contributed by atoms with E-state index in [0.29, 0.717) is 25.9 Å². The van der Waals surface area contributed by atoms with Gasteiger partial charge >= 0.3 is 5.97 Å². The lowest BCUT2D eigenvalue weighted by atomic mass is 9.98. The Morgan fingerprint density at radius 2 is 2.17 bits per heavy atom. The highest BCUT2D eigenvalue weighted by Crippen LogP contribution is 2.16. The summed E-state index contributed by atoms with van der Waals surface area (Å²) in [5.41, 5.74) is 0. The predicted molar refractivity (Wildman–Crippen MR) is 79.2 cm³/mol. The third-order valence-electron chi connectivity index (χ3n) is 3.94. The van der Waals surface area contributed by atoms with Crippen molar-refractivity contribution in [2.24, 2.45) is 5.92 Å². The molecule has 1 atom stereocenters. The van der Waals surface area contributed by atoms with Gasteiger partial charge in [-0.05, 0) is 12.8 Å². The Labute approximate surface area is 133 Å². The molecular formula is C14H21N5O4. The molecule has 2 rings (SSSR count). The van der Waals surface area contributed by atoms with Gasteiger partial charge in [0.25, 0.3) is 0 Å². The Bertz CT molecular complexity index is 560. The van der Waals surface area contributed by atoms with Gasteiger partial charge in [0.15, 0.2) is 0 Å². The number of hydrogen-bond acceptors (Lipinski definition) is 5. The van der Waals surface area contributed by atoms with Gasteiger partial charge in [-0.25, -0.2) is 4.98 Å². The summed E-state index contributed by atoms with van der Waals surface area (Å²) in [6.07, 6.45) is 4.41. The predicted octanol–water partition coefficient (Wildman–Crippen LogP) is -0.550. The maximum atomic E-state index is 12.2. The number of carboxylic acid groups (broad SMARTS) is 1. The highest BCUT2D eigenvalue weighted by molar-refractivity contribution is 5.85. The van der Waals surface area contributed by atoms with Crippen LogP contribution in [0.5, 0.6) is 0 Å². The van der Waals surface area contributed by atoms with Gasteiger partial charge in [0.05, 0.1) is 19.0 Å². The molecule has 0 saturated carbocycles. The van der Waals surface area contributed by atoms with Crippen LogP contribution in [0.15, 0.2) is 12.7 Å². The monoisotopic (exact) mass is 323 g/mol. The second-order valence-electron chi connectivity index (χ2n) is 5.68. The lowest BCUT2D eigenvalue weighted by Gasteiger charge is -2.32. The number of hydrogen-bond donors (Lipinski definition) is 1. The fraction of sp³-hybridized carbons (Fsp3) is 0.643. The fourth-order valence-corrected chi connectivity index (χ4v) is 2.55. The smallest absolute Gasteiger partial charge is 0.308 e. The molecule has 2 heterocycles. The minimum absolute atomic E-state index is 0.0392. The molecule has 0 bridgehead atoms. The van der Waals surface area contributed by atoms with Crippen molar-refractivity contribution in [1.29, 1.82) is 0 Å². The zero-order chi connectivity index (χ0) is 16.8. The molecule has 1 unspecified atom stereocenters. The maximum absolute atomic E-state index is 12.2. The number of piperidine rings is 1. The second-order valence-corrected chi connectivity index (χ2v) is 5.68. The van der Waals surface area contributed by atoms with Crippen LogP contribution in [-0.2, 0) is 20.9 Å². The van der Waals surface area contributed by atoms with E-state index in [1.807, 2.05) is 0 Å². The number of rotatable bonds is 6. The number of carbonyl (C=O) groups excluding carboxylic acids is 2. The molecule has 23 heavy (non-hydrogen) atoms. The average molecular weight is 323 g/mol. The molecule has 126 valence electrons. The minimum atomic E-state index is -0.875. The van der Waals surface area contributed by atoms with Gasteiger partial charge in [-0.15, -0.1) is 0 Å². The standard InChI is InChI=1S/C14H21N5O4/c1-17(12(20)4-6-19-10-15-9-16-19)8-13(21)18-5-2-3-11(7-18)14(22)23/h9-11H,2-8H2,1H3,(H,22,23). The lowest BCUT2D eigenvalue weighted by Crippen LogP contribution is -2.47. The van der Waals surface area contributed by atoms with Crippen LogP contribution in [0.4, 0.5) is 0 Å². The van der Waals surface area contributed by atoms with E-state index in [4.69, 9.17) is 5.11 Å². The largest absolute Gasteiger partial charge is 0.481 e. The minimum Gasteiger partial charge on any atom is -0.481 e. The highest BCUT2D eigenvalue weighted by Gasteiger charge is 2.28. The number of carbonyl (C=O) groups is 3. The van der Waals surface area contributed by atoms with Gasteiger partial charge in [0.1, 0.15) is 12.7 Å². The first-order valence-corrected chi connectivity index (χ1v) is 7.54. The van der Waals surface area contributed by atoms with Gasteiger partial charge in [-0.1, -0.05) is 0 Å². The van der Waals surface area contributed by atoms with Crippen molar-refractivity contribution in [2.45, 2.75) is 25.8 Å². The molecule has 9 nitrogen and oxygen atoms in total. The molecule has 0 radical (unpaired) electrons. The first-order chi connectivity index (χ1) is 11.0. The van der Waals surface area contributed by atoms with Crippen LogP contribution in [-0.4, -0.2) is 74.1 Å². The number of aromatic nitrogens is 3. The molecule has 0 spiro atoms. The molecule has 0 aromatic carbocycles. The van der Waals surface area contributed by atoms with Gasteiger partial charge in [0.2, 0.25) is 11.8 Å². The van der Waals surface area contributed by atoms with Gasteiger partial charge < -0.3 is 14.9 Å². The van der Waals surface area contributed by atoms with E-state index >= 15 is 0 Å². The average Bonchev–Trinajstić information content (AvgIpc) is 3.06. The Balaban J connectivity index is 1.79. The third kappa shape index (κ3) is 4.76. The highest BCUT2D eigenvalue weighted by atomic mass is 16.4. The number of carboxylic acids is 1. The van der Waals surface area contributed by atoms with Crippen molar-refractivity contribution in [3.8, 4) is 0 Å². The van der Waals surface area contributed by atoms with Crippen molar-refractivity contribution in [3.63, 3.8) is 0 Å². The molecule has 1 fully saturated rings. The first-order valence-electron chi connectivity index (χ1n) is 7.54. The van der Waals surface area contributed by atoms with Gasteiger partial charge in [-0.3, -0.25) is 19.1 Å². The number of amides is 2. The number of nitrogens with zero attached hydrogens (tertiary/aromatic N) is 5. The molecule has 9 heteroatoms. The Kier molecular flexibility index (Phi) is 5.67. The Morgan fingerprint density at radius 3 is 2.83 bits per heavy atom. The summed E-state index contributed by atoms with van der Waals surface area (Å²) in [6.45, 7) is 1.13. The zero-order valence-electron chi connectivity index (χ0n) is 13.1. The molecule has 1 aromatic rings. The summed E-state index contributed by atoms with van der Waals surface area (Å²) in [6, 6.07) is 0. The quantitative estimate of drug-likeness (QED) is 0.752. The van der Waals surface area contributed by atoms with E-state index in [9.17, 15) is 14.4 Å². The molecule has 1 aliphatic rings. The van der Waals surface area contributed by atoms with Gasteiger partial charge in [-0.2, -0.15) is 5.10 Å². The zero-order valence-corrected chi connectivity index (χ0v) is 13.1. The molecule has 0 aliphatic carbocycles. The van der Waals surface area contributed by atoms with E-state index in [1.54, 1.807) is 11.7 Å². The normalized spacial score (nSPS) is 17.8. The van der Waals surface area contributed by atoms with Crippen molar-refractivity contribution in [1.82, 2.24) is 24.6 Å². The van der Waals surface area contributed by atoms with E-state index in [2.05, 4.69) is 10.1 Å². The molecule has 1 aromatic heterocycles. The number of likely N-dealkylation sites (N-methyl/N-ethyl adjacent to an activating group) is 1. The SMILES string of the molecule is CN(CC(=O)N1CCCC(C(=O)O)C1)C(=O)CCn1cncn1. The first kappa shape index (κ1) is 16.9. The molecular weight excluding hydrogens is 302 g/mol. The Hall–Kier alpha value is -2.45. The van der Waals surface area contributed by atoms with Crippen molar-refractivity contribution < 1.29 is 19.5 Å². The lowest BCUT2D eigenvalue weighted by molar-refractivity contribution is -0.147.